The van der Waals surface area contributed by atoms with Crippen LogP contribution in [0, 0.1) is 11.8 Å². The number of piperidine rings is 1. The van der Waals surface area contributed by atoms with Crippen molar-refractivity contribution < 1.29 is 13.9 Å². The number of anilines is 1. The van der Waals surface area contributed by atoms with Crippen LogP contribution in [-0.4, -0.2) is 59.0 Å². The molecule has 1 aliphatic heterocycles. The lowest BCUT2D eigenvalue weighted by Gasteiger charge is -2.28. The van der Waals surface area contributed by atoms with Crippen LogP contribution in [0.2, 0.25) is 0 Å². The molecule has 0 atom stereocenters. The van der Waals surface area contributed by atoms with Crippen molar-refractivity contribution in [3.05, 3.63) is 53.5 Å². The quantitative estimate of drug-likeness (QED) is 0.351. The van der Waals surface area contributed by atoms with Crippen LogP contribution in [0.5, 0.6) is 0 Å². The number of hydrogen-bond donors (Lipinski definition) is 1. The second-order valence-electron chi connectivity index (χ2n) is 8.86. The number of nitrogen functional groups attached to an aromatic ring is 1. The predicted octanol–water partition coefficient (Wildman–Crippen LogP) is 3.94. The first-order valence-electron chi connectivity index (χ1n) is 12.2. The Morgan fingerprint density at radius 3 is 2.74 bits per heavy atom. The first-order chi connectivity index (χ1) is 17.1. The molecule has 0 aliphatic carbocycles. The number of benzene rings is 1. The molecular weight excluding hydrogens is 445 g/mol. The van der Waals surface area contributed by atoms with Crippen LogP contribution in [0.3, 0.4) is 0 Å². The highest BCUT2D eigenvalue weighted by molar-refractivity contribution is 5.90. The molecule has 0 bridgehead atoms. The van der Waals surface area contributed by atoms with Gasteiger partial charge in [-0.3, -0.25) is 0 Å². The van der Waals surface area contributed by atoms with Gasteiger partial charge in [0, 0.05) is 39.2 Å². The highest BCUT2D eigenvalue weighted by Crippen LogP contribution is 2.24. The Morgan fingerprint density at radius 2 is 1.97 bits per heavy atom. The van der Waals surface area contributed by atoms with Crippen molar-refractivity contribution in [2.45, 2.75) is 51.6 Å². The zero-order valence-corrected chi connectivity index (χ0v) is 20.4. The minimum atomic E-state index is -0.636. The molecule has 1 aromatic carbocycles. The van der Waals surface area contributed by atoms with Gasteiger partial charge in [-0.2, -0.15) is 0 Å². The van der Waals surface area contributed by atoms with Gasteiger partial charge >= 0.3 is 0 Å². The van der Waals surface area contributed by atoms with Gasteiger partial charge in [-0.25, -0.2) is 14.4 Å². The number of nitrogens with two attached hydrogens (primary N) is 1. The Labute approximate surface area is 206 Å². The molecule has 1 aliphatic rings. The van der Waals surface area contributed by atoms with Crippen LogP contribution in [0.4, 0.5) is 10.2 Å². The lowest BCUT2D eigenvalue weighted by Crippen LogP contribution is -2.34. The Kier molecular flexibility index (Phi) is 9.07. The minimum absolute atomic E-state index is 0.322. The van der Waals surface area contributed by atoms with Gasteiger partial charge < -0.3 is 24.7 Å². The molecule has 7 nitrogen and oxygen atoms in total. The third kappa shape index (κ3) is 7.01. The normalized spacial score (nSPS) is 14.8. The topological polar surface area (TPSA) is 78.4 Å². The summed E-state index contributed by atoms with van der Waals surface area (Å²) in [5.74, 6) is 7.63. The Balaban J connectivity index is 1.46. The molecule has 4 rings (SSSR count). The maximum Gasteiger partial charge on any atom is 0.151 e. The smallest absolute Gasteiger partial charge is 0.151 e. The zero-order valence-electron chi connectivity index (χ0n) is 20.4. The van der Waals surface area contributed by atoms with E-state index in [-0.39, 0.29) is 0 Å². The van der Waals surface area contributed by atoms with Crippen LogP contribution in [0.1, 0.15) is 42.6 Å². The third-order valence-corrected chi connectivity index (χ3v) is 6.17. The second kappa shape index (κ2) is 12.6. The van der Waals surface area contributed by atoms with Gasteiger partial charge in [0.15, 0.2) is 5.82 Å². The van der Waals surface area contributed by atoms with Gasteiger partial charge in [0.2, 0.25) is 0 Å². The van der Waals surface area contributed by atoms with E-state index in [4.69, 9.17) is 20.2 Å². The van der Waals surface area contributed by atoms with Crippen LogP contribution in [0.25, 0.3) is 11.0 Å². The van der Waals surface area contributed by atoms with E-state index in [2.05, 4.69) is 21.7 Å². The first kappa shape index (κ1) is 25.1. The summed E-state index contributed by atoms with van der Waals surface area (Å²) in [4.78, 5) is 11.5. The number of methoxy groups -OCH3 is 1. The molecule has 2 N–H and O–H groups in total. The number of alkyl halides is 1. The monoisotopic (exact) mass is 479 g/mol. The van der Waals surface area contributed by atoms with E-state index in [1.54, 1.807) is 7.11 Å². The molecule has 2 aromatic heterocycles. The average molecular weight is 480 g/mol. The molecule has 1 saturated heterocycles. The molecule has 8 heteroatoms. The fraction of sp³-hybridized carbons (Fsp3) is 0.481. The van der Waals surface area contributed by atoms with E-state index in [0.29, 0.717) is 50.8 Å². The van der Waals surface area contributed by atoms with Crippen molar-refractivity contribution in [3.63, 3.8) is 0 Å². The molecule has 3 aromatic rings. The number of rotatable bonds is 10. The Bertz CT molecular complexity index is 1150. The maximum atomic E-state index is 13.3. The van der Waals surface area contributed by atoms with Crippen molar-refractivity contribution in [2.24, 2.45) is 0 Å². The number of nitrogens with zero attached hydrogens (tertiary/aromatic N) is 4. The standard InChI is InChI=1S/C27H34FN5O2/c1-34-17-13-24-30-25-22(10-6-3-7-14-32-15-11-23(28)12-16-32)18-33(26(25)27(29)31-24)20-35-19-21-8-4-2-5-9-21/h2,4-5,8-9,18,23H,3,7,11-17,19-20H2,1H3,(H2,29,30,31). The van der Waals surface area contributed by atoms with Gasteiger partial charge in [0.05, 0.1) is 18.8 Å². The SMILES string of the molecule is COCCc1nc(N)c2c(n1)c(C#CCCCN1CCC(F)CC1)cn2COCc1ccccc1. The molecule has 3 heterocycles. The van der Waals surface area contributed by atoms with E-state index in [9.17, 15) is 4.39 Å². The highest BCUT2D eigenvalue weighted by Gasteiger charge is 2.17. The summed E-state index contributed by atoms with van der Waals surface area (Å²) in [5.41, 5.74) is 9.74. The largest absolute Gasteiger partial charge is 0.384 e. The minimum Gasteiger partial charge on any atom is -0.384 e. The third-order valence-electron chi connectivity index (χ3n) is 6.17. The van der Waals surface area contributed by atoms with Crippen LogP contribution < -0.4 is 5.73 Å². The Hall–Kier alpha value is -2.99. The fourth-order valence-corrected chi connectivity index (χ4v) is 4.28. The van der Waals surface area contributed by atoms with Crippen LogP contribution >= 0.6 is 0 Å². The van der Waals surface area contributed by atoms with E-state index in [1.165, 1.54) is 0 Å². The Morgan fingerprint density at radius 1 is 1.17 bits per heavy atom. The van der Waals surface area contributed by atoms with Gasteiger partial charge in [0.1, 0.15) is 29.8 Å². The molecule has 186 valence electrons. The van der Waals surface area contributed by atoms with E-state index >= 15 is 0 Å². The molecule has 0 unspecified atom stereocenters. The fourth-order valence-electron chi connectivity index (χ4n) is 4.28. The van der Waals surface area contributed by atoms with Crippen molar-refractivity contribution in [1.82, 2.24) is 19.4 Å². The van der Waals surface area contributed by atoms with Gasteiger partial charge in [-0.05, 0) is 31.4 Å². The first-order valence-corrected chi connectivity index (χ1v) is 12.2. The van der Waals surface area contributed by atoms with Crippen molar-refractivity contribution in [3.8, 4) is 11.8 Å². The summed E-state index contributed by atoms with van der Waals surface area (Å²) in [6, 6.07) is 10.0. The molecule has 0 spiro atoms. The van der Waals surface area contributed by atoms with Gasteiger partial charge in [0.25, 0.3) is 0 Å². The zero-order chi connectivity index (χ0) is 24.5. The lowest BCUT2D eigenvalue weighted by molar-refractivity contribution is 0.0668. The number of likely N-dealkylation sites (tertiary alicyclic amines) is 1. The number of ether oxygens (including phenoxy) is 2. The second-order valence-corrected chi connectivity index (χ2v) is 8.86. The van der Waals surface area contributed by atoms with Gasteiger partial charge in [-0.1, -0.05) is 42.2 Å². The number of fused-ring (bicyclic) bond motifs is 1. The molecule has 1 fully saturated rings. The molecule has 0 radical (unpaired) electrons. The summed E-state index contributed by atoms with van der Waals surface area (Å²) in [6.07, 6.45) is 4.90. The number of hydrogen-bond acceptors (Lipinski definition) is 6. The molecule has 0 saturated carbocycles. The van der Waals surface area contributed by atoms with Crippen molar-refractivity contribution >= 4 is 16.9 Å². The predicted molar refractivity (Wildman–Crippen MR) is 135 cm³/mol. The van der Waals surface area contributed by atoms with Crippen molar-refractivity contribution in [2.75, 3.05) is 39.1 Å². The molecular formula is C27H34FN5O2. The van der Waals surface area contributed by atoms with Crippen LogP contribution in [-0.2, 0) is 29.2 Å². The molecule has 35 heavy (non-hydrogen) atoms. The van der Waals surface area contributed by atoms with E-state index in [0.717, 1.165) is 54.6 Å². The molecule has 0 amide bonds. The summed E-state index contributed by atoms with van der Waals surface area (Å²) in [6.45, 7) is 3.97. The average Bonchev–Trinajstić information content (AvgIpc) is 3.22. The number of halogens is 1. The maximum absolute atomic E-state index is 13.3. The highest BCUT2D eigenvalue weighted by atomic mass is 19.1. The summed E-state index contributed by atoms with van der Waals surface area (Å²) in [5, 5.41) is 0. The van der Waals surface area contributed by atoms with Crippen LogP contribution in [0.15, 0.2) is 36.5 Å². The number of aromatic nitrogens is 3. The number of unbranched alkanes of at least 4 members (excludes halogenated alkanes) is 1. The summed E-state index contributed by atoms with van der Waals surface area (Å²) < 4.78 is 26.4. The van der Waals surface area contributed by atoms with E-state index < -0.39 is 6.17 Å². The van der Waals surface area contributed by atoms with Gasteiger partial charge in [-0.15, -0.1) is 0 Å². The van der Waals surface area contributed by atoms with Crippen molar-refractivity contribution in [1.29, 1.82) is 0 Å². The van der Waals surface area contributed by atoms with E-state index in [1.807, 2.05) is 41.1 Å². The summed E-state index contributed by atoms with van der Waals surface area (Å²) >= 11 is 0. The summed E-state index contributed by atoms with van der Waals surface area (Å²) in [7, 11) is 1.65. The lowest BCUT2D eigenvalue weighted by atomic mass is 10.1.